The van der Waals surface area contributed by atoms with E-state index in [0.29, 0.717) is 11.4 Å². The first-order chi connectivity index (χ1) is 11.8. The molecule has 2 rings (SSSR count). The van der Waals surface area contributed by atoms with E-state index < -0.39 is 12.0 Å². The van der Waals surface area contributed by atoms with Crippen molar-refractivity contribution < 1.29 is 14.3 Å². The zero-order valence-corrected chi connectivity index (χ0v) is 14.9. The van der Waals surface area contributed by atoms with Crippen LogP contribution in [0.15, 0.2) is 36.5 Å². The van der Waals surface area contributed by atoms with Crippen LogP contribution in [0.1, 0.15) is 39.0 Å². The highest BCUT2D eigenvalue weighted by Crippen LogP contribution is 2.24. The molecule has 2 amide bonds. The minimum Gasteiger partial charge on any atom is -0.481 e. The number of hydrogen-bond donors (Lipinski definition) is 3. The summed E-state index contributed by atoms with van der Waals surface area (Å²) >= 11 is 0. The van der Waals surface area contributed by atoms with E-state index in [1.165, 1.54) is 5.56 Å². The van der Waals surface area contributed by atoms with Crippen LogP contribution in [0.5, 0.6) is 5.75 Å². The van der Waals surface area contributed by atoms with Crippen molar-refractivity contribution in [3.05, 3.63) is 47.8 Å². The van der Waals surface area contributed by atoms with E-state index in [1.807, 2.05) is 24.3 Å². The predicted octanol–water partition coefficient (Wildman–Crippen LogP) is 1.86. The number of hydrogen-bond acceptors (Lipinski definition) is 4. The van der Waals surface area contributed by atoms with Crippen LogP contribution >= 0.6 is 0 Å². The molecule has 0 aliphatic rings. The van der Waals surface area contributed by atoms with Gasteiger partial charge in [-0.2, -0.15) is 5.10 Å². The molecule has 1 aromatic carbocycles. The Morgan fingerprint density at radius 3 is 2.40 bits per heavy atom. The van der Waals surface area contributed by atoms with Gasteiger partial charge in [-0.05, 0) is 36.1 Å². The number of amides is 2. The Kier molecular flexibility index (Phi) is 5.80. The number of nitrogens with zero attached hydrogens (tertiary/aromatic N) is 1. The van der Waals surface area contributed by atoms with Gasteiger partial charge in [-0.25, -0.2) is 0 Å². The lowest BCUT2D eigenvalue weighted by Crippen LogP contribution is -2.47. The largest absolute Gasteiger partial charge is 0.481 e. The number of aromatic nitrogens is 2. The monoisotopic (exact) mass is 344 g/mol. The fraction of sp³-hybridized carbons (Fsp3) is 0.389. The third-order valence-electron chi connectivity index (χ3n) is 3.64. The van der Waals surface area contributed by atoms with Gasteiger partial charge in [-0.15, -0.1) is 0 Å². The standard InChI is InChI=1S/C18H24N4O3/c1-12(25-15-7-5-13(6-8-15)18(2,3)4)17(24)22-21-16(23)11-14-9-10-19-20-14/h5-10,12H,11H2,1-4H3,(H,19,20)(H,21,23)(H,22,24)/t12-/m1/s1. The third-order valence-corrected chi connectivity index (χ3v) is 3.64. The highest BCUT2D eigenvalue weighted by molar-refractivity contribution is 5.85. The molecule has 0 spiro atoms. The van der Waals surface area contributed by atoms with Crippen molar-refractivity contribution in [2.75, 3.05) is 0 Å². The van der Waals surface area contributed by atoms with E-state index in [2.05, 4.69) is 41.8 Å². The fourth-order valence-electron chi connectivity index (χ4n) is 2.12. The van der Waals surface area contributed by atoms with Crippen LogP contribution in [0.2, 0.25) is 0 Å². The Bertz CT molecular complexity index is 703. The van der Waals surface area contributed by atoms with E-state index >= 15 is 0 Å². The van der Waals surface area contributed by atoms with Crippen LogP contribution in [0.3, 0.4) is 0 Å². The van der Waals surface area contributed by atoms with Crippen molar-refractivity contribution in [2.45, 2.75) is 45.6 Å². The molecule has 7 heteroatoms. The third kappa shape index (κ3) is 5.63. The molecule has 0 aliphatic heterocycles. The number of rotatable bonds is 5. The van der Waals surface area contributed by atoms with Crippen LogP contribution < -0.4 is 15.6 Å². The van der Waals surface area contributed by atoms with Crippen molar-refractivity contribution in [3.8, 4) is 5.75 Å². The van der Waals surface area contributed by atoms with Crippen LogP contribution in [0, 0.1) is 0 Å². The van der Waals surface area contributed by atoms with Crippen molar-refractivity contribution in [2.24, 2.45) is 0 Å². The summed E-state index contributed by atoms with van der Waals surface area (Å²) < 4.78 is 5.60. The van der Waals surface area contributed by atoms with Crippen LogP contribution in [-0.4, -0.2) is 28.1 Å². The van der Waals surface area contributed by atoms with Gasteiger partial charge in [0, 0.05) is 11.9 Å². The molecular weight excluding hydrogens is 320 g/mol. The maximum atomic E-state index is 12.0. The molecule has 0 saturated heterocycles. The predicted molar refractivity (Wildman–Crippen MR) is 93.8 cm³/mol. The lowest BCUT2D eigenvalue weighted by Gasteiger charge is -2.20. The van der Waals surface area contributed by atoms with Crippen LogP contribution in [-0.2, 0) is 21.4 Å². The summed E-state index contributed by atoms with van der Waals surface area (Å²) in [6.45, 7) is 8.01. The smallest absolute Gasteiger partial charge is 0.279 e. The topological polar surface area (TPSA) is 96.1 Å². The molecule has 7 nitrogen and oxygen atoms in total. The second-order valence-corrected chi connectivity index (χ2v) is 6.83. The van der Waals surface area contributed by atoms with E-state index in [-0.39, 0.29) is 17.7 Å². The molecule has 134 valence electrons. The van der Waals surface area contributed by atoms with E-state index in [1.54, 1.807) is 19.2 Å². The Hall–Kier alpha value is -2.83. The summed E-state index contributed by atoms with van der Waals surface area (Å²) in [5.74, 6) is -0.184. The minimum atomic E-state index is -0.743. The molecule has 0 bridgehead atoms. The van der Waals surface area contributed by atoms with Crippen molar-refractivity contribution >= 4 is 11.8 Å². The highest BCUT2D eigenvalue weighted by atomic mass is 16.5. The quantitative estimate of drug-likeness (QED) is 0.722. The lowest BCUT2D eigenvalue weighted by molar-refractivity contribution is -0.132. The highest BCUT2D eigenvalue weighted by Gasteiger charge is 2.17. The SMILES string of the molecule is C[C@@H](Oc1ccc(C(C)(C)C)cc1)C(=O)NNC(=O)Cc1ccn[nH]1. The summed E-state index contributed by atoms with van der Waals surface area (Å²) in [7, 11) is 0. The maximum absolute atomic E-state index is 12.0. The Morgan fingerprint density at radius 1 is 1.16 bits per heavy atom. The van der Waals surface area contributed by atoms with Gasteiger partial charge >= 0.3 is 0 Å². The lowest BCUT2D eigenvalue weighted by atomic mass is 9.87. The molecule has 1 heterocycles. The van der Waals surface area contributed by atoms with Crippen molar-refractivity contribution in [1.29, 1.82) is 0 Å². The number of nitrogens with one attached hydrogen (secondary N) is 3. The molecule has 0 fully saturated rings. The summed E-state index contributed by atoms with van der Waals surface area (Å²) in [5, 5.41) is 6.43. The summed E-state index contributed by atoms with van der Waals surface area (Å²) in [6.07, 6.45) is 0.916. The van der Waals surface area contributed by atoms with E-state index in [4.69, 9.17) is 4.74 Å². The molecule has 1 atom stereocenters. The summed E-state index contributed by atoms with van der Waals surface area (Å²) in [6, 6.07) is 9.31. The van der Waals surface area contributed by atoms with Gasteiger partial charge in [0.2, 0.25) is 5.91 Å². The van der Waals surface area contributed by atoms with Gasteiger partial charge in [0.25, 0.3) is 5.91 Å². The van der Waals surface area contributed by atoms with Gasteiger partial charge < -0.3 is 4.74 Å². The number of carbonyl (C=O) groups excluding carboxylic acids is 2. The van der Waals surface area contributed by atoms with Gasteiger partial charge in [0.05, 0.1) is 6.42 Å². The van der Waals surface area contributed by atoms with Gasteiger partial charge in [-0.1, -0.05) is 32.9 Å². The first-order valence-corrected chi connectivity index (χ1v) is 8.10. The van der Waals surface area contributed by atoms with E-state index in [0.717, 1.165) is 0 Å². The molecule has 2 aromatic rings. The number of benzene rings is 1. The second-order valence-electron chi connectivity index (χ2n) is 6.83. The van der Waals surface area contributed by atoms with Crippen LogP contribution in [0.4, 0.5) is 0 Å². The first-order valence-electron chi connectivity index (χ1n) is 8.10. The minimum absolute atomic E-state index is 0.0560. The summed E-state index contributed by atoms with van der Waals surface area (Å²) in [4.78, 5) is 23.7. The average Bonchev–Trinajstić information content (AvgIpc) is 3.05. The zero-order chi connectivity index (χ0) is 18.4. The zero-order valence-electron chi connectivity index (χ0n) is 14.9. The van der Waals surface area contributed by atoms with Crippen LogP contribution in [0.25, 0.3) is 0 Å². The molecule has 0 radical (unpaired) electrons. The van der Waals surface area contributed by atoms with Gasteiger partial charge in [0.15, 0.2) is 6.10 Å². The number of carbonyl (C=O) groups is 2. The number of aromatic amines is 1. The Morgan fingerprint density at radius 2 is 1.84 bits per heavy atom. The average molecular weight is 344 g/mol. The number of ether oxygens (including phenoxy) is 1. The van der Waals surface area contributed by atoms with Gasteiger partial charge in [0.1, 0.15) is 5.75 Å². The molecule has 25 heavy (non-hydrogen) atoms. The molecular formula is C18H24N4O3. The Balaban J connectivity index is 1.80. The molecule has 0 aliphatic carbocycles. The Labute approximate surface area is 147 Å². The number of H-pyrrole nitrogens is 1. The van der Waals surface area contributed by atoms with Crippen molar-refractivity contribution in [1.82, 2.24) is 21.0 Å². The maximum Gasteiger partial charge on any atom is 0.279 e. The van der Waals surface area contributed by atoms with Crippen molar-refractivity contribution in [3.63, 3.8) is 0 Å². The fourth-order valence-corrected chi connectivity index (χ4v) is 2.12. The molecule has 3 N–H and O–H groups in total. The van der Waals surface area contributed by atoms with E-state index in [9.17, 15) is 9.59 Å². The molecule has 0 saturated carbocycles. The second kappa shape index (κ2) is 7.83. The first kappa shape index (κ1) is 18.5. The molecule has 1 aromatic heterocycles. The van der Waals surface area contributed by atoms with Gasteiger partial charge in [-0.3, -0.25) is 25.5 Å². The summed E-state index contributed by atoms with van der Waals surface area (Å²) in [5.41, 5.74) is 6.60. The molecule has 0 unspecified atom stereocenters. The normalized spacial score (nSPS) is 12.3. The number of hydrazine groups is 1.